The zero-order valence-electron chi connectivity index (χ0n) is 20.3. The highest BCUT2D eigenvalue weighted by Crippen LogP contribution is 2.69. The fraction of sp³-hybridized carbons (Fsp3) is 0.375. The molecule has 3 aromatic rings. The molecule has 3 aromatic heterocycles. The van der Waals surface area contributed by atoms with Gasteiger partial charge in [-0.15, -0.1) is 11.3 Å². The van der Waals surface area contributed by atoms with Crippen LogP contribution in [0.15, 0.2) is 24.4 Å². The first-order chi connectivity index (χ1) is 17.9. The van der Waals surface area contributed by atoms with Crippen LogP contribution in [-0.4, -0.2) is 44.4 Å². The summed E-state index contributed by atoms with van der Waals surface area (Å²) in [6.45, 7) is 3.70. The van der Waals surface area contributed by atoms with Crippen molar-refractivity contribution in [2.24, 2.45) is 11.3 Å². The number of thiophene rings is 1. The number of alkyl halides is 6. The third-order valence-corrected chi connectivity index (χ3v) is 8.31. The van der Waals surface area contributed by atoms with Gasteiger partial charge in [0.05, 0.1) is 34.1 Å². The molecule has 4 heterocycles. The lowest BCUT2D eigenvalue weighted by atomic mass is 10.0. The highest BCUT2D eigenvalue weighted by molar-refractivity contribution is 7.19. The Balaban J connectivity index is 1.50. The minimum atomic E-state index is -5.36. The summed E-state index contributed by atoms with van der Waals surface area (Å²) in [7, 11) is 0. The van der Waals surface area contributed by atoms with E-state index < -0.39 is 52.8 Å². The van der Waals surface area contributed by atoms with Crippen molar-refractivity contribution in [3.63, 3.8) is 0 Å². The number of pyridine rings is 2. The van der Waals surface area contributed by atoms with E-state index in [1.165, 1.54) is 39.1 Å². The number of aryl methyl sites for hydroxylation is 1. The summed E-state index contributed by atoms with van der Waals surface area (Å²) in [4.78, 5) is 46.6. The summed E-state index contributed by atoms with van der Waals surface area (Å²) in [6, 6.07) is 3.78. The van der Waals surface area contributed by atoms with E-state index in [0.29, 0.717) is 20.7 Å². The van der Waals surface area contributed by atoms with E-state index >= 15 is 0 Å². The zero-order chi connectivity index (χ0) is 28.9. The first-order valence-corrected chi connectivity index (χ1v) is 12.1. The zero-order valence-corrected chi connectivity index (χ0v) is 21.1. The number of rotatable bonds is 4. The van der Waals surface area contributed by atoms with Gasteiger partial charge in [-0.3, -0.25) is 19.5 Å². The molecule has 0 aromatic carbocycles. The van der Waals surface area contributed by atoms with E-state index in [0.717, 1.165) is 22.3 Å². The summed E-state index contributed by atoms with van der Waals surface area (Å²) in [5, 5.41) is 0. The van der Waals surface area contributed by atoms with Crippen molar-refractivity contribution in [2.45, 2.75) is 45.3 Å². The number of anilines is 1. The minimum absolute atomic E-state index is 0.0195. The smallest absolute Gasteiger partial charge is 0.441 e. The Hall–Kier alpha value is -3.75. The van der Waals surface area contributed by atoms with Crippen LogP contribution in [0.4, 0.5) is 32.0 Å². The number of nitrogens with zero attached hydrogens (tertiary/aromatic N) is 3. The fourth-order valence-corrected chi connectivity index (χ4v) is 6.26. The van der Waals surface area contributed by atoms with E-state index in [1.54, 1.807) is 0 Å². The van der Waals surface area contributed by atoms with Crippen LogP contribution in [-0.2, 0) is 31.8 Å². The van der Waals surface area contributed by atoms with Crippen molar-refractivity contribution in [1.82, 2.24) is 14.9 Å². The normalized spacial score (nSPS) is 22.4. The molecular weight excluding hydrogens is 554 g/mol. The maximum atomic E-state index is 13.4. The number of ether oxygens (including phenoxy) is 1. The SMILES string of the molecule is Cc1nc(C(F)(F)F)cc(-c2ccnc3cc(CN4C(=O)C5C(C)(C)C5(OC(=O)C(F)(F)F)C4=O)sc23)c1N. The summed E-state index contributed by atoms with van der Waals surface area (Å²) in [5.41, 5.74) is 2.00. The number of amides is 2. The molecule has 2 atom stereocenters. The van der Waals surface area contributed by atoms with Crippen LogP contribution in [0.2, 0.25) is 0 Å². The molecule has 1 aliphatic carbocycles. The number of halogens is 6. The average Bonchev–Trinajstić information content (AvgIpc) is 3.06. The third-order valence-electron chi connectivity index (χ3n) is 7.17. The molecule has 2 amide bonds. The first-order valence-electron chi connectivity index (χ1n) is 11.3. The van der Waals surface area contributed by atoms with Gasteiger partial charge in [0, 0.05) is 27.6 Å². The number of esters is 1. The Morgan fingerprint density at radius 2 is 1.82 bits per heavy atom. The highest BCUT2D eigenvalue weighted by atomic mass is 32.1. The van der Waals surface area contributed by atoms with Gasteiger partial charge >= 0.3 is 18.3 Å². The first kappa shape index (κ1) is 26.8. The molecule has 0 spiro atoms. The Morgan fingerprint density at radius 1 is 1.15 bits per heavy atom. The molecule has 1 saturated heterocycles. The number of imide groups is 1. The summed E-state index contributed by atoms with van der Waals surface area (Å²) < 4.78 is 83.9. The summed E-state index contributed by atoms with van der Waals surface area (Å²) in [6.07, 6.45) is -8.73. The number of hydrogen-bond donors (Lipinski definition) is 1. The Bertz CT molecular complexity index is 1580. The number of carbonyl (C=O) groups excluding carboxylic acids is 3. The standard InChI is InChI=1S/C24H18F6N4O4S/c1-9-15(31)12(7-14(33-9)23(25,26)27)11-4-5-32-13-6-10(39-16(11)13)8-34-18(35)17-21(2,3)22(17,19(34)36)38-20(37)24(28,29)30/h4-7,17H,8,31H2,1-3H3. The molecule has 2 aliphatic rings. The van der Waals surface area contributed by atoms with Crippen molar-refractivity contribution in [2.75, 3.05) is 5.73 Å². The van der Waals surface area contributed by atoms with Gasteiger partial charge in [-0.2, -0.15) is 26.3 Å². The van der Waals surface area contributed by atoms with Gasteiger partial charge in [-0.05, 0) is 25.1 Å². The van der Waals surface area contributed by atoms with Crippen molar-refractivity contribution in [3.8, 4) is 11.1 Å². The average molecular weight is 572 g/mol. The quantitative estimate of drug-likeness (QED) is 0.275. The van der Waals surface area contributed by atoms with Crippen molar-refractivity contribution < 1.29 is 45.5 Å². The lowest BCUT2D eigenvalue weighted by Gasteiger charge is -2.24. The third kappa shape index (κ3) is 3.85. The maximum absolute atomic E-state index is 13.4. The molecule has 15 heteroatoms. The van der Waals surface area contributed by atoms with Gasteiger partial charge in [0.25, 0.3) is 5.91 Å². The monoisotopic (exact) mass is 572 g/mol. The van der Waals surface area contributed by atoms with E-state index in [4.69, 9.17) is 5.73 Å². The van der Waals surface area contributed by atoms with Crippen LogP contribution in [0, 0.1) is 18.3 Å². The molecule has 39 heavy (non-hydrogen) atoms. The van der Waals surface area contributed by atoms with Crippen molar-refractivity contribution in [3.05, 3.63) is 40.7 Å². The lowest BCUT2D eigenvalue weighted by molar-refractivity contribution is -0.209. The molecule has 0 bridgehead atoms. The largest absolute Gasteiger partial charge is 0.490 e. The second-order valence-electron chi connectivity index (χ2n) is 9.84. The van der Waals surface area contributed by atoms with Crippen LogP contribution in [0.1, 0.15) is 30.1 Å². The Labute approximate surface area is 219 Å². The van der Waals surface area contributed by atoms with Crippen LogP contribution in [0.3, 0.4) is 0 Å². The van der Waals surface area contributed by atoms with Gasteiger partial charge in [-0.25, -0.2) is 9.78 Å². The molecule has 0 radical (unpaired) electrons. The van der Waals surface area contributed by atoms with Gasteiger partial charge in [0.1, 0.15) is 5.69 Å². The number of nitrogens with two attached hydrogens (primary N) is 1. The highest BCUT2D eigenvalue weighted by Gasteiger charge is 2.88. The van der Waals surface area contributed by atoms with E-state index in [1.807, 2.05) is 0 Å². The molecule has 2 unspecified atom stereocenters. The molecule has 8 nitrogen and oxygen atoms in total. The number of fused-ring (bicyclic) bond motifs is 2. The molecule has 2 fully saturated rings. The number of aromatic nitrogens is 2. The second kappa shape index (κ2) is 8.13. The van der Waals surface area contributed by atoms with Crippen LogP contribution in [0.25, 0.3) is 21.3 Å². The topological polar surface area (TPSA) is 115 Å². The number of nitrogen functional groups attached to an aromatic ring is 1. The molecule has 1 aliphatic heterocycles. The summed E-state index contributed by atoms with van der Waals surface area (Å²) >= 11 is 1.02. The van der Waals surface area contributed by atoms with Gasteiger partial charge in [0.15, 0.2) is 0 Å². The minimum Gasteiger partial charge on any atom is -0.441 e. The van der Waals surface area contributed by atoms with Crippen LogP contribution >= 0.6 is 11.3 Å². The lowest BCUT2D eigenvalue weighted by Crippen LogP contribution is -2.45. The Kier molecular flexibility index (Phi) is 5.59. The second-order valence-corrected chi connectivity index (χ2v) is 11.0. The molecule has 206 valence electrons. The van der Waals surface area contributed by atoms with Gasteiger partial charge in [-0.1, -0.05) is 13.8 Å². The van der Waals surface area contributed by atoms with E-state index in [-0.39, 0.29) is 23.5 Å². The van der Waals surface area contributed by atoms with Crippen molar-refractivity contribution >= 4 is 45.0 Å². The van der Waals surface area contributed by atoms with E-state index in [9.17, 15) is 40.7 Å². The van der Waals surface area contributed by atoms with Gasteiger partial charge < -0.3 is 10.5 Å². The molecule has 2 N–H and O–H groups in total. The predicted octanol–water partition coefficient (Wildman–Crippen LogP) is 4.64. The Morgan fingerprint density at radius 3 is 2.44 bits per heavy atom. The van der Waals surface area contributed by atoms with Gasteiger partial charge in [0.2, 0.25) is 11.5 Å². The summed E-state index contributed by atoms with van der Waals surface area (Å²) in [5.74, 6) is -5.73. The van der Waals surface area contributed by atoms with Crippen LogP contribution < -0.4 is 5.73 Å². The molecular formula is C24H18F6N4O4S. The van der Waals surface area contributed by atoms with Crippen LogP contribution in [0.5, 0.6) is 0 Å². The number of carbonyl (C=O) groups is 3. The number of hydrogen-bond acceptors (Lipinski definition) is 8. The van der Waals surface area contributed by atoms with Crippen molar-refractivity contribution in [1.29, 1.82) is 0 Å². The van der Waals surface area contributed by atoms with E-state index in [2.05, 4.69) is 14.7 Å². The molecule has 1 saturated carbocycles. The number of piperidine rings is 1. The molecule has 5 rings (SSSR count). The fourth-order valence-electron chi connectivity index (χ4n) is 5.13. The predicted molar refractivity (Wildman–Crippen MR) is 125 cm³/mol. The maximum Gasteiger partial charge on any atom is 0.490 e. The number of likely N-dealkylation sites (tertiary alicyclic amines) is 1.